The minimum Gasteiger partial charge on any atom is -0.350 e. The first-order valence-electron chi connectivity index (χ1n) is 6.11. The summed E-state index contributed by atoms with van der Waals surface area (Å²) in [4.78, 5) is 11.9. The monoisotopic (exact) mass is 292 g/mol. The first-order chi connectivity index (χ1) is 9.58. The molecule has 2 aromatic carbocycles. The molecule has 0 fully saturated rings. The van der Waals surface area contributed by atoms with E-state index in [1.54, 1.807) is 0 Å². The summed E-state index contributed by atoms with van der Waals surface area (Å²) in [5.74, 6) is -0.853. The van der Waals surface area contributed by atoms with Gasteiger partial charge in [-0.3, -0.25) is 4.79 Å². The van der Waals surface area contributed by atoms with Crippen molar-refractivity contribution in [1.82, 2.24) is 5.32 Å². The first-order valence-corrected chi connectivity index (χ1v) is 6.49. The molecule has 2 rings (SSSR count). The maximum atomic E-state index is 12.9. The van der Waals surface area contributed by atoms with E-state index in [0.29, 0.717) is 0 Å². The molecule has 0 aliphatic heterocycles. The minimum atomic E-state index is -0.479. The topological polar surface area (TPSA) is 55.1 Å². The van der Waals surface area contributed by atoms with Gasteiger partial charge >= 0.3 is 0 Å². The summed E-state index contributed by atoms with van der Waals surface area (Å²) in [6, 6.07) is 12.8. The van der Waals surface area contributed by atoms with E-state index in [1.807, 2.05) is 30.3 Å². The van der Waals surface area contributed by atoms with E-state index in [2.05, 4.69) is 5.32 Å². The Hall–Kier alpha value is -1.91. The van der Waals surface area contributed by atoms with Gasteiger partial charge in [-0.05, 0) is 23.8 Å². The Balaban J connectivity index is 1.99. The molecule has 0 radical (unpaired) electrons. The molecular weight excluding hydrogens is 279 g/mol. The van der Waals surface area contributed by atoms with Crippen LogP contribution < -0.4 is 11.1 Å². The standard InChI is InChI=1S/C15H14ClFN2O/c16-13-8-11(17)6-7-12(13)15(20)19-9-14(18)10-4-2-1-3-5-10/h1-8,14H,9,18H2,(H,19,20). The number of hydrogen-bond donors (Lipinski definition) is 2. The van der Waals surface area contributed by atoms with Crippen LogP contribution in [-0.4, -0.2) is 12.5 Å². The molecule has 1 unspecified atom stereocenters. The molecule has 20 heavy (non-hydrogen) atoms. The summed E-state index contributed by atoms with van der Waals surface area (Å²) in [5, 5.41) is 2.77. The average molecular weight is 293 g/mol. The summed E-state index contributed by atoms with van der Waals surface area (Å²) in [6.45, 7) is 0.274. The fourth-order valence-electron chi connectivity index (χ4n) is 1.79. The highest BCUT2D eigenvalue weighted by molar-refractivity contribution is 6.33. The molecule has 0 spiro atoms. The lowest BCUT2D eigenvalue weighted by molar-refractivity contribution is 0.0951. The van der Waals surface area contributed by atoms with Crippen LogP contribution in [0.1, 0.15) is 22.0 Å². The maximum Gasteiger partial charge on any atom is 0.252 e. The normalized spacial score (nSPS) is 11.9. The summed E-state index contributed by atoms with van der Waals surface area (Å²) >= 11 is 5.82. The van der Waals surface area contributed by atoms with Crippen LogP contribution >= 0.6 is 11.6 Å². The predicted octanol–water partition coefficient (Wildman–Crippen LogP) is 2.91. The minimum absolute atomic E-state index is 0.0794. The van der Waals surface area contributed by atoms with E-state index >= 15 is 0 Å². The van der Waals surface area contributed by atoms with Crippen LogP contribution in [0.5, 0.6) is 0 Å². The average Bonchev–Trinajstić information content (AvgIpc) is 2.45. The van der Waals surface area contributed by atoms with Crippen molar-refractivity contribution in [2.45, 2.75) is 6.04 Å². The third kappa shape index (κ3) is 3.56. The Labute approximate surface area is 121 Å². The van der Waals surface area contributed by atoms with Gasteiger partial charge in [0.05, 0.1) is 10.6 Å². The van der Waals surface area contributed by atoms with E-state index in [1.165, 1.54) is 12.1 Å². The fourth-order valence-corrected chi connectivity index (χ4v) is 2.04. The number of hydrogen-bond acceptors (Lipinski definition) is 2. The molecule has 2 aromatic rings. The Kier molecular flexibility index (Phi) is 4.71. The number of nitrogens with two attached hydrogens (primary N) is 1. The lowest BCUT2D eigenvalue weighted by Gasteiger charge is -2.13. The summed E-state index contributed by atoms with van der Waals surface area (Å²) in [6.07, 6.45) is 0. The van der Waals surface area contributed by atoms with Crippen LogP contribution in [0.15, 0.2) is 48.5 Å². The number of nitrogens with one attached hydrogen (secondary N) is 1. The van der Waals surface area contributed by atoms with Crippen LogP contribution in [0.25, 0.3) is 0 Å². The molecule has 0 aliphatic carbocycles. The second-order valence-electron chi connectivity index (χ2n) is 4.35. The Bertz CT molecular complexity index is 604. The van der Waals surface area contributed by atoms with Gasteiger partial charge in [-0.25, -0.2) is 4.39 Å². The van der Waals surface area contributed by atoms with Crippen LogP contribution in [0.4, 0.5) is 4.39 Å². The number of carbonyl (C=O) groups is 1. The molecule has 0 bridgehead atoms. The van der Waals surface area contributed by atoms with Crippen molar-refractivity contribution < 1.29 is 9.18 Å². The number of rotatable bonds is 4. The Morgan fingerprint density at radius 3 is 2.60 bits per heavy atom. The van der Waals surface area contributed by atoms with Gasteiger partial charge in [0.1, 0.15) is 5.82 Å². The number of benzene rings is 2. The van der Waals surface area contributed by atoms with Crippen molar-refractivity contribution in [3.8, 4) is 0 Å². The van der Waals surface area contributed by atoms with E-state index in [9.17, 15) is 9.18 Å². The molecule has 0 heterocycles. The smallest absolute Gasteiger partial charge is 0.252 e. The van der Waals surface area contributed by atoms with E-state index in [0.717, 1.165) is 11.6 Å². The van der Waals surface area contributed by atoms with Crippen molar-refractivity contribution in [1.29, 1.82) is 0 Å². The van der Waals surface area contributed by atoms with Crippen LogP contribution in [-0.2, 0) is 0 Å². The summed E-state index contributed by atoms with van der Waals surface area (Å²) < 4.78 is 12.9. The number of halogens is 2. The first kappa shape index (κ1) is 14.5. The van der Waals surface area contributed by atoms with Crippen molar-refractivity contribution in [3.63, 3.8) is 0 Å². The second-order valence-corrected chi connectivity index (χ2v) is 4.76. The highest BCUT2D eigenvalue weighted by Gasteiger charge is 2.12. The van der Waals surface area contributed by atoms with Gasteiger partial charge in [0.25, 0.3) is 5.91 Å². The molecule has 0 saturated heterocycles. The molecule has 0 aromatic heterocycles. The number of carbonyl (C=O) groups excluding carboxylic acids is 1. The van der Waals surface area contributed by atoms with Gasteiger partial charge in [-0.1, -0.05) is 41.9 Å². The quantitative estimate of drug-likeness (QED) is 0.910. The third-order valence-electron chi connectivity index (χ3n) is 2.89. The van der Waals surface area contributed by atoms with Gasteiger partial charge < -0.3 is 11.1 Å². The second kappa shape index (κ2) is 6.50. The molecule has 1 amide bonds. The molecule has 3 nitrogen and oxygen atoms in total. The van der Waals surface area contributed by atoms with E-state index in [4.69, 9.17) is 17.3 Å². The Morgan fingerprint density at radius 2 is 1.95 bits per heavy atom. The molecule has 1 atom stereocenters. The van der Waals surface area contributed by atoms with E-state index < -0.39 is 5.82 Å². The lowest BCUT2D eigenvalue weighted by atomic mass is 10.1. The van der Waals surface area contributed by atoms with Gasteiger partial charge in [-0.2, -0.15) is 0 Å². The van der Waals surface area contributed by atoms with Crippen molar-refractivity contribution in [2.24, 2.45) is 5.73 Å². The molecule has 104 valence electrons. The molecular formula is C15H14ClFN2O. The molecule has 0 saturated carbocycles. The zero-order valence-electron chi connectivity index (χ0n) is 10.6. The van der Waals surface area contributed by atoms with Crippen molar-refractivity contribution in [2.75, 3.05) is 6.54 Å². The molecule has 3 N–H and O–H groups in total. The van der Waals surface area contributed by atoms with Crippen LogP contribution in [0.2, 0.25) is 5.02 Å². The van der Waals surface area contributed by atoms with Crippen molar-refractivity contribution >= 4 is 17.5 Å². The SMILES string of the molecule is NC(CNC(=O)c1ccc(F)cc1Cl)c1ccccc1. The fraction of sp³-hybridized carbons (Fsp3) is 0.133. The number of amides is 1. The summed E-state index contributed by atoms with van der Waals surface area (Å²) in [5.41, 5.74) is 7.13. The van der Waals surface area contributed by atoms with Crippen LogP contribution in [0, 0.1) is 5.82 Å². The highest BCUT2D eigenvalue weighted by atomic mass is 35.5. The van der Waals surface area contributed by atoms with Gasteiger partial charge in [-0.15, -0.1) is 0 Å². The highest BCUT2D eigenvalue weighted by Crippen LogP contribution is 2.17. The zero-order valence-corrected chi connectivity index (χ0v) is 11.4. The largest absolute Gasteiger partial charge is 0.350 e. The predicted molar refractivity (Wildman–Crippen MR) is 77.1 cm³/mol. The molecule has 5 heteroatoms. The third-order valence-corrected chi connectivity index (χ3v) is 3.20. The maximum absolute atomic E-state index is 12.9. The van der Waals surface area contributed by atoms with Gasteiger partial charge in [0, 0.05) is 12.6 Å². The Morgan fingerprint density at radius 1 is 1.25 bits per heavy atom. The lowest BCUT2D eigenvalue weighted by Crippen LogP contribution is -2.32. The van der Waals surface area contributed by atoms with E-state index in [-0.39, 0.29) is 29.1 Å². The van der Waals surface area contributed by atoms with Crippen LogP contribution in [0.3, 0.4) is 0 Å². The summed E-state index contributed by atoms with van der Waals surface area (Å²) in [7, 11) is 0. The van der Waals surface area contributed by atoms with Gasteiger partial charge in [0.15, 0.2) is 0 Å². The molecule has 0 aliphatic rings. The van der Waals surface area contributed by atoms with Crippen molar-refractivity contribution in [3.05, 3.63) is 70.5 Å². The zero-order chi connectivity index (χ0) is 14.5. The van der Waals surface area contributed by atoms with Gasteiger partial charge in [0.2, 0.25) is 0 Å².